The second kappa shape index (κ2) is 3.48. The molecule has 0 aliphatic carbocycles. The van der Waals surface area contributed by atoms with Crippen molar-refractivity contribution in [3.8, 4) is 11.4 Å². The Morgan fingerprint density at radius 1 is 1.06 bits per heavy atom. The van der Waals surface area contributed by atoms with Gasteiger partial charge in [-0.1, -0.05) is 0 Å². The van der Waals surface area contributed by atoms with Crippen LogP contribution in [0.15, 0.2) is 36.7 Å². The Morgan fingerprint density at radius 3 is 2.53 bits per heavy atom. The highest BCUT2D eigenvalue weighted by molar-refractivity contribution is 5.79. The molecule has 0 aliphatic heterocycles. The van der Waals surface area contributed by atoms with Gasteiger partial charge in [-0.05, 0) is 24.3 Å². The summed E-state index contributed by atoms with van der Waals surface area (Å²) in [6.07, 6.45) is 3.45. The third-order valence-corrected chi connectivity index (χ3v) is 2.53. The van der Waals surface area contributed by atoms with Crippen LogP contribution in [0.25, 0.3) is 22.4 Å². The van der Waals surface area contributed by atoms with Gasteiger partial charge in [0.1, 0.15) is 5.82 Å². The first-order valence-electron chi connectivity index (χ1n) is 5.18. The molecule has 5 nitrogen and oxygen atoms in total. The minimum absolute atomic E-state index is 0.624. The van der Waals surface area contributed by atoms with E-state index in [9.17, 15) is 0 Å². The zero-order chi connectivity index (χ0) is 11.8. The van der Waals surface area contributed by atoms with E-state index >= 15 is 0 Å². The molecule has 0 saturated carbocycles. The van der Waals surface area contributed by atoms with Crippen molar-refractivity contribution in [3.05, 3.63) is 36.7 Å². The highest BCUT2D eigenvalue weighted by Crippen LogP contribution is 2.24. The lowest BCUT2D eigenvalue weighted by atomic mass is 10.1. The van der Waals surface area contributed by atoms with Crippen LogP contribution in [0.5, 0.6) is 0 Å². The summed E-state index contributed by atoms with van der Waals surface area (Å²) < 4.78 is 0. The van der Waals surface area contributed by atoms with E-state index < -0.39 is 0 Å². The Kier molecular flexibility index (Phi) is 1.98. The van der Waals surface area contributed by atoms with Crippen molar-refractivity contribution in [2.45, 2.75) is 0 Å². The van der Waals surface area contributed by atoms with Gasteiger partial charge in [0, 0.05) is 23.1 Å². The topological polar surface area (TPSA) is 93.6 Å². The van der Waals surface area contributed by atoms with Crippen molar-refractivity contribution >= 4 is 22.4 Å². The first-order chi connectivity index (χ1) is 8.22. The number of fused-ring (bicyclic) bond motifs is 1. The predicted octanol–water partition coefficient (Wildman–Crippen LogP) is 1.79. The Morgan fingerprint density at radius 2 is 1.82 bits per heavy atom. The number of aromatic nitrogens is 3. The molecule has 0 amide bonds. The maximum Gasteiger partial charge on any atom is 0.138 e. The van der Waals surface area contributed by atoms with Crippen LogP contribution in [-0.2, 0) is 0 Å². The highest BCUT2D eigenvalue weighted by atomic mass is 14.9. The van der Waals surface area contributed by atoms with Gasteiger partial charge in [-0.15, -0.1) is 0 Å². The largest absolute Gasteiger partial charge is 0.399 e. The molecular weight excluding hydrogens is 214 g/mol. The van der Waals surface area contributed by atoms with E-state index in [2.05, 4.69) is 15.0 Å². The molecule has 2 aromatic heterocycles. The number of hydrogen-bond acceptors (Lipinski definition) is 4. The molecule has 0 spiro atoms. The molecule has 0 bridgehead atoms. The highest BCUT2D eigenvalue weighted by Gasteiger charge is 2.06. The lowest BCUT2D eigenvalue weighted by Crippen LogP contribution is -1.92. The minimum atomic E-state index is 0.624. The maximum absolute atomic E-state index is 5.76. The molecule has 0 fully saturated rings. The van der Waals surface area contributed by atoms with E-state index in [1.54, 1.807) is 18.5 Å². The molecule has 0 radical (unpaired) electrons. The number of nitrogens with one attached hydrogen (secondary N) is 1. The summed E-state index contributed by atoms with van der Waals surface area (Å²) in [6.45, 7) is 0. The number of hydrogen-bond donors (Lipinski definition) is 3. The molecular formula is C12H11N5. The van der Waals surface area contributed by atoms with Gasteiger partial charge >= 0.3 is 0 Å². The average Bonchev–Trinajstić information content (AvgIpc) is 2.71. The van der Waals surface area contributed by atoms with E-state index in [-0.39, 0.29) is 0 Å². The summed E-state index contributed by atoms with van der Waals surface area (Å²) in [5, 5.41) is 0. The van der Waals surface area contributed by atoms with Crippen molar-refractivity contribution in [1.29, 1.82) is 0 Å². The number of anilines is 2. The van der Waals surface area contributed by atoms with Crippen LogP contribution < -0.4 is 11.5 Å². The number of rotatable bonds is 1. The molecule has 5 heteroatoms. The number of imidazole rings is 1. The Hall–Kier alpha value is -2.56. The van der Waals surface area contributed by atoms with E-state index in [1.807, 2.05) is 18.2 Å². The zero-order valence-corrected chi connectivity index (χ0v) is 9.01. The lowest BCUT2D eigenvalue weighted by Gasteiger charge is -2.01. The Bertz CT molecular complexity index is 633. The SMILES string of the molecule is Nc1cc(N)cc(-c2nc3ccncc3[nH]2)c1. The standard InChI is InChI=1S/C12H11N5/c13-8-3-7(4-9(14)5-8)12-16-10-1-2-15-6-11(10)17-12/h1-6H,13-14H2,(H,16,17). The van der Waals surface area contributed by atoms with Gasteiger partial charge in [0.05, 0.1) is 17.2 Å². The molecule has 0 atom stereocenters. The van der Waals surface area contributed by atoms with E-state index in [0.717, 1.165) is 22.4 Å². The summed E-state index contributed by atoms with van der Waals surface area (Å²) in [7, 11) is 0. The number of nitrogens with zero attached hydrogens (tertiary/aromatic N) is 2. The van der Waals surface area contributed by atoms with Crippen LogP contribution in [0, 0.1) is 0 Å². The quantitative estimate of drug-likeness (QED) is 0.550. The van der Waals surface area contributed by atoms with Gasteiger partial charge in [0.2, 0.25) is 0 Å². The Balaban J connectivity index is 2.20. The van der Waals surface area contributed by atoms with Gasteiger partial charge in [-0.2, -0.15) is 0 Å². The van der Waals surface area contributed by atoms with Gasteiger partial charge < -0.3 is 16.5 Å². The van der Waals surface area contributed by atoms with E-state index in [0.29, 0.717) is 11.4 Å². The third kappa shape index (κ3) is 1.67. The van der Waals surface area contributed by atoms with Crippen molar-refractivity contribution in [2.75, 3.05) is 11.5 Å². The molecule has 3 aromatic rings. The number of aromatic amines is 1. The summed E-state index contributed by atoms with van der Waals surface area (Å²) in [5.41, 5.74) is 15.4. The molecule has 3 rings (SSSR count). The summed E-state index contributed by atoms with van der Waals surface area (Å²) in [4.78, 5) is 11.7. The fraction of sp³-hybridized carbons (Fsp3) is 0. The number of nitrogens with two attached hydrogens (primary N) is 2. The molecule has 0 aliphatic rings. The van der Waals surface area contributed by atoms with E-state index in [4.69, 9.17) is 11.5 Å². The maximum atomic E-state index is 5.76. The first-order valence-corrected chi connectivity index (χ1v) is 5.18. The predicted molar refractivity (Wildman–Crippen MR) is 68.1 cm³/mol. The van der Waals surface area contributed by atoms with Crippen molar-refractivity contribution in [3.63, 3.8) is 0 Å². The third-order valence-electron chi connectivity index (χ3n) is 2.53. The van der Waals surface area contributed by atoms with Crippen LogP contribution in [0.2, 0.25) is 0 Å². The molecule has 1 aromatic carbocycles. The van der Waals surface area contributed by atoms with Crippen LogP contribution in [0.1, 0.15) is 0 Å². The summed E-state index contributed by atoms with van der Waals surface area (Å²) in [6, 6.07) is 7.24. The normalized spacial score (nSPS) is 10.8. The van der Waals surface area contributed by atoms with Gasteiger partial charge in [-0.3, -0.25) is 4.98 Å². The summed E-state index contributed by atoms with van der Waals surface area (Å²) >= 11 is 0. The minimum Gasteiger partial charge on any atom is -0.399 e. The molecule has 0 saturated heterocycles. The average molecular weight is 225 g/mol. The van der Waals surface area contributed by atoms with Gasteiger partial charge in [0.25, 0.3) is 0 Å². The smallest absolute Gasteiger partial charge is 0.138 e. The zero-order valence-electron chi connectivity index (χ0n) is 9.01. The summed E-state index contributed by atoms with van der Waals surface area (Å²) in [5.74, 6) is 0.743. The Labute approximate surface area is 97.5 Å². The fourth-order valence-corrected chi connectivity index (χ4v) is 1.81. The number of nitrogen functional groups attached to an aromatic ring is 2. The van der Waals surface area contributed by atoms with Gasteiger partial charge in [-0.25, -0.2) is 4.98 Å². The number of H-pyrrole nitrogens is 1. The van der Waals surface area contributed by atoms with Crippen molar-refractivity contribution in [2.24, 2.45) is 0 Å². The van der Waals surface area contributed by atoms with Crippen LogP contribution in [0.4, 0.5) is 11.4 Å². The fourth-order valence-electron chi connectivity index (χ4n) is 1.81. The molecule has 0 unspecified atom stereocenters. The molecule has 5 N–H and O–H groups in total. The monoisotopic (exact) mass is 225 g/mol. The molecule has 84 valence electrons. The van der Waals surface area contributed by atoms with Crippen molar-refractivity contribution in [1.82, 2.24) is 15.0 Å². The van der Waals surface area contributed by atoms with E-state index in [1.165, 1.54) is 0 Å². The second-order valence-corrected chi connectivity index (χ2v) is 3.87. The van der Waals surface area contributed by atoms with Crippen LogP contribution >= 0.6 is 0 Å². The van der Waals surface area contributed by atoms with Crippen molar-refractivity contribution < 1.29 is 0 Å². The lowest BCUT2D eigenvalue weighted by molar-refractivity contribution is 1.33. The van der Waals surface area contributed by atoms with Crippen LogP contribution in [0.3, 0.4) is 0 Å². The van der Waals surface area contributed by atoms with Crippen LogP contribution in [-0.4, -0.2) is 15.0 Å². The second-order valence-electron chi connectivity index (χ2n) is 3.87. The molecule has 17 heavy (non-hydrogen) atoms. The number of benzene rings is 1. The first kappa shape index (κ1) is 9.65. The molecule has 2 heterocycles. The van der Waals surface area contributed by atoms with Gasteiger partial charge in [0.15, 0.2) is 0 Å². The number of pyridine rings is 1.